The molecule has 0 spiro atoms. The monoisotopic (exact) mass is 413 g/mol. The SMILES string of the molecule is CCCCCCCC/C=C\CCCCCCCC(N)=O.CCS(=O)(=O)[O-].[Na+]. The van der Waals surface area contributed by atoms with Gasteiger partial charge in [0, 0.05) is 12.2 Å². The largest absolute Gasteiger partial charge is 1.00 e. The number of carbonyl (C=O) groups excluding carboxylic acids is 1. The van der Waals surface area contributed by atoms with Gasteiger partial charge in [0.05, 0.1) is 10.1 Å². The van der Waals surface area contributed by atoms with Crippen molar-refractivity contribution in [3.05, 3.63) is 12.2 Å². The van der Waals surface area contributed by atoms with Crippen molar-refractivity contribution in [2.24, 2.45) is 5.73 Å². The summed E-state index contributed by atoms with van der Waals surface area (Å²) in [5.74, 6) is -0.477. The molecule has 0 aromatic carbocycles. The fourth-order valence-corrected chi connectivity index (χ4v) is 2.37. The van der Waals surface area contributed by atoms with Gasteiger partial charge >= 0.3 is 29.6 Å². The van der Waals surface area contributed by atoms with E-state index >= 15 is 0 Å². The fraction of sp³-hybridized carbons (Fsp3) is 0.850. The second kappa shape index (κ2) is 24.2. The van der Waals surface area contributed by atoms with Gasteiger partial charge in [0.1, 0.15) is 0 Å². The molecular formula is C20H40NNaO4S. The molecule has 0 aliphatic heterocycles. The number of rotatable bonds is 16. The van der Waals surface area contributed by atoms with Gasteiger partial charge < -0.3 is 10.3 Å². The molecule has 0 bridgehead atoms. The van der Waals surface area contributed by atoms with Gasteiger partial charge in [0.25, 0.3) is 0 Å². The summed E-state index contributed by atoms with van der Waals surface area (Å²) in [4.78, 5) is 10.5. The van der Waals surface area contributed by atoms with Gasteiger partial charge in [0.15, 0.2) is 0 Å². The van der Waals surface area contributed by atoms with E-state index in [0.29, 0.717) is 6.42 Å². The first-order valence-corrected chi connectivity index (χ1v) is 11.8. The Balaban J connectivity index is -0.000000709. The Hall–Kier alpha value is 0.120. The van der Waals surface area contributed by atoms with E-state index < -0.39 is 10.1 Å². The van der Waals surface area contributed by atoms with Gasteiger partial charge in [-0.15, -0.1) is 0 Å². The molecule has 0 saturated carbocycles. The molecule has 156 valence electrons. The maximum atomic E-state index is 10.5. The minimum Gasteiger partial charge on any atom is -0.748 e. The number of unbranched alkanes of at least 4 members (excludes halogenated alkanes) is 11. The van der Waals surface area contributed by atoms with Crippen molar-refractivity contribution >= 4 is 16.0 Å². The van der Waals surface area contributed by atoms with Gasteiger partial charge in [-0.3, -0.25) is 4.79 Å². The van der Waals surface area contributed by atoms with Crippen LogP contribution in [0.1, 0.15) is 104 Å². The van der Waals surface area contributed by atoms with Crippen LogP contribution in [0.4, 0.5) is 0 Å². The summed E-state index contributed by atoms with van der Waals surface area (Å²) in [6.07, 6.45) is 21.9. The summed E-state index contributed by atoms with van der Waals surface area (Å²) in [6, 6.07) is 0. The van der Waals surface area contributed by atoms with Crippen molar-refractivity contribution in [3.63, 3.8) is 0 Å². The number of amides is 1. The summed E-state index contributed by atoms with van der Waals surface area (Å²) in [5.41, 5.74) is 5.10. The van der Waals surface area contributed by atoms with Crippen molar-refractivity contribution in [1.82, 2.24) is 0 Å². The van der Waals surface area contributed by atoms with Crippen molar-refractivity contribution < 1.29 is 47.3 Å². The first-order valence-electron chi connectivity index (χ1n) is 10.2. The van der Waals surface area contributed by atoms with Gasteiger partial charge in [-0.25, -0.2) is 8.42 Å². The van der Waals surface area contributed by atoms with Crippen molar-refractivity contribution in [1.29, 1.82) is 0 Å². The van der Waals surface area contributed by atoms with Crippen LogP contribution in [0.5, 0.6) is 0 Å². The van der Waals surface area contributed by atoms with Crippen LogP contribution in [0.25, 0.3) is 0 Å². The van der Waals surface area contributed by atoms with Crippen molar-refractivity contribution in [2.45, 2.75) is 104 Å². The van der Waals surface area contributed by atoms with E-state index in [1.807, 2.05) is 0 Å². The van der Waals surface area contributed by atoms with Crippen LogP contribution < -0.4 is 35.3 Å². The van der Waals surface area contributed by atoms with Crippen molar-refractivity contribution in [3.8, 4) is 0 Å². The molecule has 0 heterocycles. The number of hydrogen-bond donors (Lipinski definition) is 1. The Morgan fingerprint density at radius 2 is 1.19 bits per heavy atom. The van der Waals surface area contributed by atoms with Crippen LogP contribution in [-0.4, -0.2) is 24.6 Å². The molecule has 0 aliphatic rings. The summed E-state index contributed by atoms with van der Waals surface area (Å²) in [7, 11) is -3.91. The normalized spacial score (nSPS) is 10.9. The number of primary amides is 1. The van der Waals surface area contributed by atoms with E-state index in [1.54, 1.807) is 0 Å². The van der Waals surface area contributed by atoms with Gasteiger partial charge in [-0.05, 0) is 32.1 Å². The van der Waals surface area contributed by atoms with Gasteiger partial charge in [0.2, 0.25) is 5.91 Å². The maximum Gasteiger partial charge on any atom is 1.00 e. The molecule has 0 fully saturated rings. The maximum absolute atomic E-state index is 10.5. The third-order valence-corrected chi connectivity index (χ3v) is 4.75. The van der Waals surface area contributed by atoms with Crippen molar-refractivity contribution in [2.75, 3.05) is 5.75 Å². The summed E-state index contributed by atoms with van der Waals surface area (Å²) in [6.45, 7) is 3.57. The average molecular weight is 414 g/mol. The molecule has 0 aromatic rings. The molecule has 0 aromatic heterocycles. The third-order valence-electron chi connectivity index (χ3n) is 4.04. The summed E-state index contributed by atoms with van der Waals surface area (Å²) in [5, 5.41) is 0. The van der Waals surface area contributed by atoms with E-state index in [4.69, 9.17) is 5.73 Å². The Kier molecular flexibility index (Phi) is 28.5. The second-order valence-corrected chi connectivity index (χ2v) is 8.34. The van der Waals surface area contributed by atoms with Gasteiger partial charge in [-0.2, -0.15) is 0 Å². The topological polar surface area (TPSA) is 100 Å². The number of hydrogen-bond acceptors (Lipinski definition) is 4. The molecule has 0 atom stereocenters. The number of carbonyl (C=O) groups is 1. The standard InChI is InChI=1S/C18H35NO.C2H6O3S.Na/c1-2-3-4-5-6-7-8-9-10-11-12-13-14-15-16-17-18(19)20;1-2-6(3,4)5;/h9-10H,2-8,11-17H2,1H3,(H2,19,20);2H2,1H3,(H,3,4,5);/q;;+1/p-1/b10-9-;;. The van der Waals surface area contributed by atoms with Crippen LogP contribution in [0, 0.1) is 0 Å². The Morgan fingerprint density at radius 1 is 0.815 bits per heavy atom. The first-order chi connectivity index (χ1) is 12.3. The van der Waals surface area contributed by atoms with E-state index in [9.17, 15) is 17.8 Å². The third kappa shape index (κ3) is 37.5. The minimum absolute atomic E-state index is 0. The molecule has 7 heteroatoms. The van der Waals surface area contributed by atoms with E-state index in [1.165, 1.54) is 77.6 Å². The quantitative estimate of drug-likeness (QED) is 0.181. The molecular weight excluding hydrogens is 373 g/mol. The molecule has 0 unspecified atom stereocenters. The number of nitrogens with two attached hydrogens (primary N) is 1. The molecule has 5 nitrogen and oxygen atoms in total. The Bertz CT molecular complexity index is 439. The zero-order chi connectivity index (χ0) is 20.1. The molecule has 0 saturated heterocycles. The zero-order valence-corrected chi connectivity index (χ0v) is 20.7. The Morgan fingerprint density at radius 3 is 1.56 bits per heavy atom. The summed E-state index contributed by atoms with van der Waals surface area (Å²) < 4.78 is 28.3. The fourth-order valence-electron chi connectivity index (χ4n) is 2.37. The predicted octanol–water partition coefficient (Wildman–Crippen LogP) is 2.06. The molecule has 2 N–H and O–H groups in total. The van der Waals surface area contributed by atoms with Crippen LogP contribution in [0.3, 0.4) is 0 Å². The molecule has 0 rings (SSSR count). The van der Waals surface area contributed by atoms with E-state index in [0.717, 1.165) is 12.8 Å². The summed E-state index contributed by atoms with van der Waals surface area (Å²) >= 11 is 0. The van der Waals surface area contributed by atoms with Crippen LogP contribution >= 0.6 is 0 Å². The molecule has 27 heavy (non-hydrogen) atoms. The predicted molar refractivity (Wildman–Crippen MR) is 109 cm³/mol. The zero-order valence-electron chi connectivity index (χ0n) is 17.9. The first kappa shape index (κ1) is 31.8. The minimum atomic E-state index is -3.91. The number of allylic oxidation sites excluding steroid dienone is 2. The smallest absolute Gasteiger partial charge is 0.748 e. The van der Waals surface area contributed by atoms with Gasteiger partial charge in [-0.1, -0.05) is 77.4 Å². The van der Waals surface area contributed by atoms with Crippen LogP contribution in [0.15, 0.2) is 12.2 Å². The molecule has 0 aliphatic carbocycles. The van der Waals surface area contributed by atoms with E-state index in [2.05, 4.69) is 19.1 Å². The van der Waals surface area contributed by atoms with Crippen LogP contribution in [0.2, 0.25) is 0 Å². The molecule has 0 radical (unpaired) electrons. The van der Waals surface area contributed by atoms with Crippen LogP contribution in [-0.2, 0) is 14.9 Å². The van der Waals surface area contributed by atoms with E-state index in [-0.39, 0.29) is 41.2 Å². The average Bonchev–Trinajstić information content (AvgIpc) is 2.58. The Labute approximate surface area is 190 Å². The second-order valence-electron chi connectivity index (χ2n) is 6.65. The molecule has 1 amide bonds.